The van der Waals surface area contributed by atoms with Gasteiger partial charge in [-0.15, -0.1) is 0 Å². The number of benzene rings is 1. The van der Waals surface area contributed by atoms with Crippen LogP contribution in [0.2, 0.25) is 0 Å². The normalized spacial score (nSPS) is 13.4. The van der Waals surface area contributed by atoms with Crippen LogP contribution >= 0.6 is 0 Å². The highest BCUT2D eigenvalue weighted by atomic mass is 19.1. The molecule has 2 rings (SSSR count). The van der Waals surface area contributed by atoms with Gasteiger partial charge in [-0.05, 0) is 31.5 Å². The third kappa shape index (κ3) is 1.31. The highest BCUT2D eigenvalue weighted by Crippen LogP contribution is 2.23. The minimum Gasteiger partial charge on any atom is -0.345 e. The van der Waals surface area contributed by atoms with Gasteiger partial charge in [0.25, 0.3) is 0 Å². The predicted octanol–water partition coefficient (Wildman–Crippen LogP) is 3.75. The lowest BCUT2D eigenvalue weighted by Gasteiger charge is -2.12. The van der Waals surface area contributed by atoms with Crippen LogP contribution in [0, 0.1) is 5.82 Å². The van der Waals surface area contributed by atoms with Gasteiger partial charge >= 0.3 is 0 Å². The van der Waals surface area contributed by atoms with Crippen LogP contribution in [0.1, 0.15) is 26.3 Å². The summed E-state index contributed by atoms with van der Waals surface area (Å²) in [7, 11) is 0. The number of halogens is 1. The predicted molar refractivity (Wildman–Crippen MR) is 56.9 cm³/mol. The zero-order valence-electron chi connectivity index (χ0n) is 8.50. The van der Waals surface area contributed by atoms with Gasteiger partial charge in [0.1, 0.15) is 5.82 Å². The summed E-state index contributed by atoms with van der Waals surface area (Å²) < 4.78 is 15.5. The molecule has 0 aliphatic rings. The van der Waals surface area contributed by atoms with E-state index in [0.717, 1.165) is 11.9 Å². The SMILES string of the molecule is CCC(C)n1ccc2c(F)cccc21. The lowest BCUT2D eigenvalue weighted by molar-refractivity contribution is 0.548. The summed E-state index contributed by atoms with van der Waals surface area (Å²) >= 11 is 0. The smallest absolute Gasteiger partial charge is 0.132 e. The molecule has 74 valence electrons. The Hall–Kier alpha value is -1.31. The van der Waals surface area contributed by atoms with E-state index in [-0.39, 0.29) is 5.82 Å². The largest absolute Gasteiger partial charge is 0.345 e. The fourth-order valence-electron chi connectivity index (χ4n) is 1.73. The molecular formula is C12H14FN. The standard InChI is InChI=1S/C12H14FN/c1-3-9(2)14-8-7-10-11(13)5-4-6-12(10)14/h4-9H,3H2,1-2H3. The zero-order valence-corrected chi connectivity index (χ0v) is 8.50. The monoisotopic (exact) mass is 191 g/mol. The molecule has 0 aliphatic heterocycles. The van der Waals surface area contributed by atoms with E-state index >= 15 is 0 Å². The molecule has 1 aromatic heterocycles. The number of nitrogens with zero attached hydrogens (tertiary/aromatic N) is 1. The van der Waals surface area contributed by atoms with Crippen molar-refractivity contribution in [1.82, 2.24) is 4.57 Å². The molecule has 2 heteroatoms. The van der Waals surface area contributed by atoms with Crippen molar-refractivity contribution in [2.45, 2.75) is 26.3 Å². The third-order valence-corrected chi connectivity index (χ3v) is 2.78. The number of fused-ring (bicyclic) bond motifs is 1. The zero-order chi connectivity index (χ0) is 10.1. The Kier molecular flexibility index (Phi) is 2.28. The Balaban J connectivity index is 2.63. The fraction of sp³-hybridized carbons (Fsp3) is 0.333. The maximum atomic E-state index is 13.4. The van der Waals surface area contributed by atoms with E-state index in [9.17, 15) is 4.39 Å². The molecule has 0 amide bonds. The Bertz CT molecular complexity index is 445. The number of hydrogen-bond donors (Lipinski definition) is 0. The molecule has 1 nitrogen and oxygen atoms in total. The second kappa shape index (κ2) is 3.45. The van der Waals surface area contributed by atoms with Gasteiger partial charge in [0.05, 0.1) is 5.52 Å². The van der Waals surface area contributed by atoms with Crippen LogP contribution in [0.25, 0.3) is 10.9 Å². The minimum atomic E-state index is -0.135. The van der Waals surface area contributed by atoms with Gasteiger partial charge in [-0.25, -0.2) is 4.39 Å². The Morgan fingerprint density at radius 1 is 1.36 bits per heavy atom. The van der Waals surface area contributed by atoms with Crippen LogP contribution in [0.15, 0.2) is 30.5 Å². The van der Waals surface area contributed by atoms with E-state index in [0.29, 0.717) is 11.4 Å². The summed E-state index contributed by atoms with van der Waals surface area (Å²) in [6, 6.07) is 7.50. The Morgan fingerprint density at radius 2 is 2.14 bits per heavy atom. The van der Waals surface area contributed by atoms with E-state index in [1.165, 1.54) is 6.07 Å². The topological polar surface area (TPSA) is 4.93 Å². The maximum Gasteiger partial charge on any atom is 0.132 e. The van der Waals surface area contributed by atoms with Crippen LogP contribution in [-0.4, -0.2) is 4.57 Å². The van der Waals surface area contributed by atoms with Gasteiger partial charge in [-0.2, -0.15) is 0 Å². The molecule has 0 N–H and O–H groups in total. The van der Waals surface area contributed by atoms with Gasteiger partial charge in [0.15, 0.2) is 0 Å². The van der Waals surface area contributed by atoms with E-state index in [2.05, 4.69) is 18.4 Å². The molecule has 0 aliphatic carbocycles. The summed E-state index contributed by atoms with van der Waals surface area (Å²) in [6.07, 6.45) is 3.02. The van der Waals surface area contributed by atoms with Crippen LogP contribution < -0.4 is 0 Å². The van der Waals surface area contributed by atoms with Crippen molar-refractivity contribution in [2.24, 2.45) is 0 Å². The lowest BCUT2D eigenvalue weighted by atomic mass is 10.2. The van der Waals surface area contributed by atoms with Crippen molar-refractivity contribution >= 4 is 10.9 Å². The molecule has 1 aromatic carbocycles. The molecule has 0 bridgehead atoms. The first kappa shape index (κ1) is 9.25. The Labute approximate surface area is 83.2 Å². The Morgan fingerprint density at radius 3 is 2.86 bits per heavy atom. The molecule has 0 saturated heterocycles. The number of rotatable bonds is 2. The number of aromatic nitrogens is 1. The van der Waals surface area contributed by atoms with Crippen LogP contribution in [-0.2, 0) is 0 Å². The molecule has 1 heterocycles. The summed E-state index contributed by atoms with van der Waals surface area (Å²) in [5.74, 6) is -0.135. The first-order chi connectivity index (χ1) is 6.74. The molecular weight excluding hydrogens is 177 g/mol. The molecule has 2 aromatic rings. The van der Waals surface area contributed by atoms with E-state index in [1.807, 2.05) is 18.3 Å². The molecule has 0 fully saturated rings. The van der Waals surface area contributed by atoms with Crippen LogP contribution in [0.3, 0.4) is 0 Å². The lowest BCUT2D eigenvalue weighted by Crippen LogP contribution is -2.01. The van der Waals surface area contributed by atoms with Gasteiger partial charge in [0, 0.05) is 17.6 Å². The van der Waals surface area contributed by atoms with E-state index in [4.69, 9.17) is 0 Å². The highest BCUT2D eigenvalue weighted by molar-refractivity contribution is 5.80. The second-order valence-corrected chi connectivity index (χ2v) is 3.65. The molecule has 1 atom stereocenters. The first-order valence-corrected chi connectivity index (χ1v) is 4.99. The van der Waals surface area contributed by atoms with Crippen molar-refractivity contribution in [3.63, 3.8) is 0 Å². The van der Waals surface area contributed by atoms with Crippen molar-refractivity contribution in [3.05, 3.63) is 36.3 Å². The third-order valence-electron chi connectivity index (χ3n) is 2.78. The second-order valence-electron chi connectivity index (χ2n) is 3.65. The molecule has 0 radical (unpaired) electrons. The van der Waals surface area contributed by atoms with Gasteiger partial charge in [-0.3, -0.25) is 0 Å². The molecule has 1 unspecified atom stereocenters. The van der Waals surface area contributed by atoms with Gasteiger partial charge in [0.2, 0.25) is 0 Å². The van der Waals surface area contributed by atoms with Crippen LogP contribution in [0.5, 0.6) is 0 Å². The summed E-state index contributed by atoms with van der Waals surface area (Å²) in [5, 5.41) is 0.716. The number of hydrogen-bond acceptors (Lipinski definition) is 0. The van der Waals surface area contributed by atoms with Crippen molar-refractivity contribution in [2.75, 3.05) is 0 Å². The first-order valence-electron chi connectivity index (χ1n) is 4.99. The quantitative estimate of drug-likeness (QED) is 0.681. The molecule has 14 heavy (non-hydrogen) atoms. The van der Waals surface area contributed by atoms with Crippen molar-refractivity contribution in [1.29, 1.82) is 0 Å². The average molecular weight is 191 g/mol. The maximum absolute atomic E-state index is 13.4. The van der Waals surface area contributed by atoms with Crippen molar-refractivity contribution in [3.8, 4) is 0 Å². The average Bonchev–Trinajstić information content (AvgIpc) is 2.62. The van der Waals surface area contributed by atoms with Gasteiger partial charge in [-0.1, -0.05) is 13.0 Å². The summed E-state index contributed by atoms with van der Waals surface area (Å²) in [6.45, 7) is 4.28. The highest BCUT2D eigenvalue weighted by Gasteiger charge is 2.08. The van der Waals surface area contributed by atoms with Crippen LogP contribution in [0.4, 0.5) is 4.39 Å². The summed E-state index contributed by atoms with van der Waals surface area (Å²) in [4.78, 5) is 0. The summed E-state index contributed by atoms with van der Waals surface area (Å²) in [5.41, 5.74) is 0.986. The van der Waals surface area contributed by atoms with E-state index in [1.54, 1.807) is 6.07 Å². The van der Waals surface area contributed by atoms with E-state index < -0.39 is 0 Å². The van der Waals surface area contributed by atoms with Crippen molar-refractivity contribution < 1.29 is 4.39 Å². The van der Waals surface area contributed by atoms with Gasteiger partial charge < -0.3 is 4.57 Å². The minimum absolute atomic E-state index is 0.135. The fourth-order valence-corrected chi connectivity index (χ4v) is 1.73. The molecule has 0 spiro atoms. The molecule has 0 saturated carbocycles.